The Bertz CT molecular complexity index is 578. The molecule has 0 bridgehead atoms. The Balaban J connectivity index is 2.04. The molecule has 2 amide bonds. The third-order valence-electron chi connectivity index (χ3n) is 3.19. The number of methoxy groups -OCH3 is 1. The third kappa shape index (κ3) is 3.30. The number of hydrogen-bond acceptors (Lipinski definition) is 2. The number of nitrogens with one attached hydrogen (secondary N) is 2. The second-order valence-electron chi connectivity index (χ2n) is 4.57. The molecule has 5 nitrogen and oxygen atoms in total. The van der Waals surface area contributed by atoms with Crippen molar-refractivity contribution >= 4 is 22.6 Å². The fraction of sp³-hybridized carbons (Fsp3) is 0.400. The van der Waals surface area contributed by atoms with Gasteiger partial charge >= 0.3 is 6.03 Å². The summed E-state index contributed by atoms with van der Waals surface area (Å²) in [5.74, 6) is 0. The van der Waals surface area contributed by atoms with Crippen molar-refractivity contribution in [2.75, 3.05) is 25.6 Å². The molecule has 1 heterocycles. The van der Waals surface area contributed by atoms with E-state index in [1.54, 1.807) is 7.11 Å². The molecule has 1 aromatic heterocycles. The number of carbonyl (C=O) groups excluding carboxylic acids is 1. The highest BCUT2D eigenvalue weighted by molar-refractivity contribution is 6.01. The number of benzene rings is 1. The van der Waals surface area contributed by atoms with Crippen LogP contribution < -0.4 is 10.6 Å². The number of aromatic nitrogens is 1. The van der Waals surface area contributed by atoms with Crippen LogP contribution in [0.25, 0.3) is 10.9 Å². The predicted molar refractivity (Wildman–Crippen MR) is 81.1 cm³/mol. The quantitative estimate of drug-likeness (QED) is 0.796. The molecule has 1 aromatic carbocycles. The SMILES string of the molecule is CCn1cc(NC(=O)NCCCOC)c2ccccc21. The first-order valence-electron chi connectivity index (χ1n) is 6.88. The lowest BCUT2D eigenvalue weighted by Gasteiger charge is -2.06. The van der Waals surface area contributed by atoms with E-state index in [9.17, 15) is 4.79 Å². The lowest BCUT2D eigenvalue weighted by atomic mass is 10.2. The van der Waals surface area contributed by atoms with Gasteiger partial charge in [0.1, 0.15) is 0 Å². The average Bonchev–Trinajstić information content (AvgIpc) is 2.82. The van der Waals surface area contributed by atoms with Crippen molar-refractivity contribution in [1.29, 1.82) is 0 Å². The first-order valence-corrected chi connectivity index (χ1v) is 6.88. The number of ether oxygens (including phenoxy) is 1. The number of nitrogens with zero attached hydrogens (tertiary/aromatic N) is 1. The first-order chi connectivity index (χ1) is 9.76. The summed E-state index contributed by atoms with van der Waals surface area (Å²) in [5.41, 5.74) is 1.97. The molecule has 2 aromatic rings. The van der Waals surface area contributed by atoms with Gasteiger partial charge in [0.05, 0.1) is 11.2 Å². The van der Waals surface area contributed by atoms with Crippen LogP contribution in [-0.4, -0.2) is 30.9 Å². The van der Waals surface area contributed by atoms with Gasteiger partial charge in [-0.3, -0.25) is 0 Å². The van der Waals surface area contributed by atoms with E-state index >= 15 is 0 Å². The summed E-state index contributed by atoms with van der Waals surface area (Å²) in [6.45, 7) is 4.21. The summed E-state index contributed by atoms with van der Waals surface area (Å²) in [7, 11) is 1.65. The van der Waals surface area contributed by atoms with Crippen LogP contribution in [-0.2, 0) is 11.3 Å². The maximum absolute atomic E-state index is 11.8. The minimum Gasteiger partial charge on any atom is -0.385 e. The third-order valence-corrected chi connectivity index (χ3v) is 3.19. The van der Waals surface area contributed by atoms with Crippen LogP contribution in [0.5, 0.6) is 0 Å². The maximum Gasteiger partial charge on any atom is 0.319 e. The second-order valence-corrected chi connectivity index (χ2v) is 4.57. The monoisotopic (exact) mass is 275 g/mol. The van der Waals surface area contributed by atoms with E-state index in [-0.39, 0.29) is 6.03 Å². The molecule has 0 radical (unpaired) electrons. The van der Waals surface area contributed by atoms with Crippen LogP contribution in [0, 0.1) is 0 Å². The molecule has 0 saturated heterocycles. The van der Waals surface area contributed by atoms with Gasteiger partial charge in [-0.1, -0.05) is 18.2 Å². The molecular weight excluding hydrogens is 254 g/mol. The number of fused-ring (bicyclic) bond motifs is 1. The Morgan fingerprint density at radius 3 is 2.90 bits per heavy atom. The number of para-hydroxylation sites is 1. The van der Waals surface area contributed by atoms with E-state index in [0.717, 1.165) is 29.6 Å². The van der Waals surface area contributed by atoms with Crippen molar-refractivity contribution in [2.45, 2.75) is 19.9 Å². The fourth-order valence-corrected chi connectivity index (χ4v) is 2.19. The lowest BCUT2D eigenvalue weighted by Crippen LogP contribution is -2.29. The summed E-state index contributed by atoms with van der Waals surface area (Å²) >= 11 is 0. The molecule has 0 spiro atoms. The highest BCUT2D eigenvalue weighted by Gasteiger charge is 2.09. The van der Waals surface area contributed by atoms with Crippen molar-refractivity contribution in [3.05, 3.63) is 30.5 Å². The maximum atomic E-state index is 11.8. The normalized spacial score (nSPS) is 10.7. The molecule has 2 rings (SSSR count). The smallest absolute Gasteiger partial charge is 0.319 e. The Morgan fingerprint density at radius 2 is 2.15 bits per heavy atom. The lowest BCUT2D eigenvalue weighted by molar-refractivity contribution is 0.194. The summed E-state index contributed by atoms with van der Waals surface area (Å²) < 4.78 is 7.06. The summed E-state index contributed by atoms with van der Waals surface area (Å²) in [6.07, 6.45) is 2.78. The number of amides is 2. The zero-order chi connectivity index (χ0) is 14.4. The molecule has 0 unspecified atom stereocenters. The first kappa shape index (κ1) is 14.4. The van der Waals surface area contributed by atoms with Gasteiger partial charge in [-0.25, -0.2) is 4.79 Å². The van der Waals surface area contributed by atoms with E-state index < -0.39 is 0 Å². The molecular formula is C15H21N3O2. The summed E-state index contributed by atoms with van der Waals surface area (Å²) in [5, 5.41) is 6.78. The summed E-state index contributed by atoms with van der Waals surface area (Å²) in [6, 6.07) is 7.87. The van der Waals surface area contributed by atoms with Crippen molar-refractivity contribution in [1.82, 2.24) is 9.88 Å². The van der Waals surface area contributed by atoms with E-state index in [1.165, 1.54) is 0 Å². The highest BCUT2D eigenvalue weighted by Crippen LogP contribution is 2.25. The number of carbonyl (C=O) groups is 1. The standard InChI is InChI=1S/C15H21N3O2/c1-3-18-11-13(12-7-4-5-8-14(12)18)17-15(19)16-9-6-10-20-2/h4-5,7-8,11H,3,6,9-10H2,1-2H3,(H2,16,17,19). The zero-order valence-corrected chi connectivity index (χ0v) is 12.0. The van der Waals surface area contributed by atoms with Gasteiger partial charge in [-0.15, -0.1) is 0 Å². The second kappa shape index (κ2) is 6.96. The Hall–Kier alpha value is -2.01. The molecule has 5 heteroatoms. The van der Waals surface area contributed by atoms with E-state index in [2.05, 4.69) is 28.2 Å². The predicted octanol–water partition coefficient (Wildman–Crippen LogP) is 2.82. The molecule has 20 heavy (non-hydrogen) atoms. The topological polar surface area (TPSA) is 55.3 Å². The van der Waals surface area contributed by atoms with Crippen LogP contribution in [0.2, 0.25) is 0 Å². The van der Waals surface area contributed by atoms with Crippen molar-refractivity contribution in [2.24, 2.45) is 0 Å². The largest absolute Gasteiger partial charge is 0.385 e. The fourth-order valence-electron chi connectivity index (χ4n) is 2.19. The number of rotatable bonds is 6. The molecule has 0 saturated carbocycles. The van der Waals surface area contributed by atoms with Gasteiger partial charge in [0.2, 0.25) is 0 Å². The van der Waals surface area contributed by atoms with Crippen molar-refractivity contribution in [3.8, 4) is 0 Å². The number of hydrogen-bond donors (Lipinski definition) is 2. The van der Waals surface area contributed by atoms with Gasteiger partial charge < -0.3 is 19.9 Å². The van der Waals surface area contributed by atoms with Crippen LogP contribution in [0.15, 0.2) is 30.5 Å². The molecule has 0 aliphatic rings. The van der Waals surface area contributed by atoms with Crippen LogP contribution >= 0.6 is 0 Å². The van der Waals surface area contributed by atoms with Crippen LogP contribution in [0.4, 0.5) is 10.5 Å². The Morgan fingerprint density at radius 1 is 1.35 bits per heavy atom. The van der Waals surface area contributed by atoms with Gasteiger partial charge in [0.25, 0.3) is 0 Å². The van der Waals surface area contributed by atoms with E-state index in [0.29, 0.717) is 13.2 Å². The average molecular weight is 275 g/mol. The molecule has 0 fully saturated rings. The van der Waals surface area contributed by atoms with Gasteiger partial charge in [-0.2, -0.15) is 0 Å². The van der Waals surface area contributed by atoms with Gasteiger partial charge in [0.15, 0.2) is 0 Å². The molecule has 108 valence electrons. The Labute approximate surface area is 118 Å². The van der Waals surface area contributed by atoms with Gasteiger partial charge in [0, 0.05) is 38.4 Å². The molecule has 0 aliphatic carbocycles. The van der Waals surface area contributed by atoms with E-state index in [4.69, 9.17) is 4.74 Å². The number of aryl methyl sites for hydroxylation is 1. The number of anilines is 1. The zero-order valence-electron chi connectivity index (χ0n) is 12.0. The van der Waals surface area contributed by atoms with Crippen LogP contribution in [0.3, 0.4) is 0 Å². The highest BCUT2D eigenvalue weighted by atomic mass is 16.5. The van der Waals surface area contributed by atoms with Gasteiger partial charge in [-0.05, 0) is 19.4 Å². The minimum absolute atomic E-state index is 0.180. The van der Waals surface area contributed by atoms with Crippen molar-refractivity contribution in [3.63, 3.8) is 0 Å². The molecule has 0 atom stereocenters. The molecule has 0 aliphatic heterocycles. The minimum atomic E-state index is -0.180. The molecule has 2 N–H and O–H groups in total. The Kier molecular flexibility index (Phi) is 5.01. The van der Waals surface area contributed by atoms with Crippen LogP contribution in [0.1, 0.15) is 13.3 Å². The number of urea groups is 1. The van der Waals surface area contributed by atoms with E-state index in [1.807, 2.05) is 24.4 Å². The summed E-state index contributed by atoms with van der Waals surface area (Å²) in [4.78, 5) is 11.8. The van der Waals surface area contributed by atoms with Crippen molar-refractivity contribution < 1.29 is 9.53 Å².